The standard InChI is InChI=1S/C27H28N2O6S/c1-27(2,32)18-13-23(35-15-18)36(33,34)29-26(31)28-25-21-7-3-5-19(21)24(20-6-4-8-22(20)25)17-11-9-16(14-30)10-12-17/h9-15,32H,3-8H2,1-2H3,(H2,28,29,31). The first kappa shape index (κ1) is 24.3. The molecule has 36 heavy (non-hydrogen) atoms. The minimum absolute atomic E-state index is 0.288. The highest BCUT2D eigenvalue weighted by Crippen LogP contribution is 2.46. The van der Waals surface area contributed by atoms with Gasteiger partial charge in [0, 0.05) is 22.9 Å². The van der Waals surface area contributed by atoms with Crippen LogP contribution >= 0.6 is 0 Å². The maximum atomic E-state index is 12.9. The number of benzene rings is 2. The topological polar surface area (TPSA) is 126 Å². The number of hydrogen-bond acceptors (Lipinski definition) is 6. The molecule has 0 atom stereocenters. The van der Waals surface area contributed by atoms with Crippen LogP contribution in [0.4, 0.5) is 10.5 Å². The third-order valence-electron chi connectivity index (χ3n) is 6.99. The minimum atomic E-state index is -4.27. The van der Waals surface area contributed by atoms with Crippen LogP contribution in [0.3, 0.4) is 0 Å². The Labute approximate surface area is 209 Å². The SMILES string of the molecule is CC(C)(O)c1coc(S(=O)(=O)NC(=O)Nc2c3c(c(-c4ccc(C=O)cc4)c4c2CCC4)CCC3)c1. The van der Waals surface area contributed by atoms with Gasteiger partial charge < -0.3 is 14.8 Å². The Hall–Kier alpha value is -3.43. The molecule has 5 rings (SSSR count). The molecule has 3 N–H and O–H groups in total. The van der Waals surface area contributed by atoms with Crippen LogP contribution in [-0.4, -0.2) is 25.8 Å². The molecule has 2 aromatic carbocycles. The second kappa shape index (κ2) is 8.90. The molecule has 0 spiro atoms. The van der Waals surface area contributed by atoms with Crippen LogP contribution in [0.2, 0.25) is 0 Å². The first-order valence-electron chi connectivity index (χ1n) is 12.0. The molecule has 0 radical (unpaired) electrons. The van der Waals surface area contributed by atoms with Crippen molar-refractivity contribution < 1.29 is 27.5 Å². The van der Waals surface area contributed by atoms with Crippen LogP contribution in [0.1, 0.15) is 64.9 Å². The van der Waals surface area contributed by atoms with E-state index in [0.717, 1.165) is 67.8 Å². The zero-order chi connectivity index (χ0) is 25.7. The van der Waals surface area contributed by atoms with E-state index in [1.807, 2.05) is 29.0 Å². The van der Waals surface area contributed by atoms with Crippen molar-refractivity contribution in [3.8, 4) is 11.1 Å². The fourth-order valence-electron chi connectivity index (χ4n) is 5.27. The molecule has 1 aromatic heterocycles. The van der Waals surface area contributed by atoms with Crippen LogP contribution < -0.4 is 10.0 Å². The molecule has 0 unspecified atom stereocenters. The molecule has 2 amide bonds. The van der Waals surface area contributed by atoms with Gasteiger partial charge in [-0.2, -0.15) is 8.42 Å². The quantitative estimate of drug-likeness (QED) is 0.422. The van der Waals surface area contributed by atoms with E-state index in [-0.39, 0.29) is 5.56 Å². The lowest BCUT2D eigenvalue weighted by Crippen LogP contribution is -2.34. The monoisotopic (exact) mass is 508 g/mol. The van der Waals surface area contributed by atoms with Gasteiger partial charge in [-0.05, 0) is 85.8 Å². The molecular formula is C27H28N2O6S. The van der Waals surface area contributed by atoms with Gasteiger partial charge in [-0.25, -0.2) is 9.52 Å². The summed E-state index contributed by atoms with van der Waals surface area (Å²) in [6, 6.07) is 7.90. The number of carbonyl (C=O) groups excluding carboxylic acids is 2. The zero-order valence-corrected chi connectivity index (χ0v) is 21.0. The highest BCUT2D eigenvalue weighted by Gasteiger charge is 2.31. The highest BCUT2D eigenvalue weighted by atomic mass is 32.2. The molecule has 1 heterocycles. The van der Waals surface area contributed by atoms with Crippen LogP contribution in [0.15, 0.2) is 46.1 Å². The van der Waals surface area contributed by atoms with Crippen molar-refractivity contribution in [1.82, 2.24) is 4.72 Å². The molecule has 9 heteroatoms. The summed E-state index contributed by atoms with van der Waals surface area (Å²) in [4.78, 5) is 24.0. The summed E-state index contributed by atoms with van der Waals surface area (Å²) in [5.74, 6) is 0. The summed E-state index contributed by atoms with van der Waals surface area (Å²) in [7, 11) is -4.27. The lowest BCUT2D eigenvalue weighted by molar-refractivity contribution is 0.0779. The predicted octanol–water partition coefficient (Wildman–Crippen LogP) is 4.47. The molecule has 188 valence electrons. The van der Waals surface area contributed by atoms with Crippen molar-refractivity contribution in [1.29, 1.82) is 0 Å². The number of urea groups is 1. The van der Waals surface area contributed by atoms with Crippen molar-refractivity contribution in [2.45, 2.75) is 63.1 Å². The maximum absolute atomic E-state index is 12.9. The number of aliphatic hydroxyl groups is 1. The minimum Gasteiger partial charge on any atom is -0.451 e. The van der Waals surface area contributed by atoms with E-state index >= 15 is 0 Å². The Morgan fingerprint density at radius 2 is 1.58 bits per heavy atom. The summed E-state index contributed by atoms with van der Waals surface area (Å²) in [6.45, 7) is 3.02. The van der Waals surface area contributed by atoms with Crippen molar-refractivity contribution >= 4 is 28.0 Å². The van der Waals surface area contributed by atoms with Crippen LogP contribution in [0.25, 0.3) is 11.1 Å². The molecule has 0 saturated heterocycles. The van der Waals surface area contributed by atoms with E-state index in [9.17, 15) is 23.1 Å². The van der Waals surface area contributed by atoms with Crippen LogP contribution in [0.5, 0.6) is 0 Å². The van der Waals surface area contributed by atoms with Crippen molar-refractivity contribution in [3.63, 3.8) is 0 Å². The average molecular weight is 509 g/mol. The molecule has 8 nitrogen and oxygen atoms in total. The van der Waals surface area contributed by atoms with Crippen molar-refractivity contribution in [2.75, 3.05) is 5.32 Å². The van der Waals surface area contributed by atoms with Gasteiger partial charge in [0.25, 0.3) is 10.0 Å². The summed E-state index contributed by atoms with van der Waals surface area (Å²) in [5.41, 5.74) is 6.99. The molecule has 0 bridgehead atoms. The number of carbonyl (C=O) groups is 2. The van der Waals surface area contributed by atoms with E-state index < -0.39 is 26.7 Å². The van der Waals surface area contributed by atoms with E-state index in [4.69, 9.17) is 4.42 Å². The Balaban J connectivity index is 1.47. The number of rotatable bonds is 6. The predicted molar refractivity (Wildman–Crippen MR) is 135 cm³/mol. The second-order valence-corrected chi connectivity index (χ2v) is 11.5. The summed E-state index contributed by atoms with van der Waals surface area (Å²) in [5, 5.41) is 12.5. The van der Waals surface area contributed by atoms with Gasteiger partial charge in [-0.15, -0.1) is 0 Å². The van der Waals surface area contributed by atoms with Gasteiger partial charge >= 0.3 is 6.03 Å². The second-order valence-electron chi connectivity index (χ2n) is 9.88. The maximum Gasteiger partial charge on any atom is 0.333 e. The summed E-state index contributed by atoms with van der Waals surface area (Å²) < 4.78 is 32.7. The van der Waals surface area contributed by atoms with E-state index in [1.165, 1.54) is 36.6 Å². The Kier molecular flexibility index (Phi) is 6.00. The molecule has 0 aliphatic heterocycles. The van der Waals surface area contributed by atoms with Gasteiger partial charge in [0.2, 0.25) is 5.09 Å². The van der Waals surface area contributed by atoms with Gasteiger partial charge in [0.1, 0.15) is 6.29 Å². The van der Waals surface area contributed by atoms with E-state index in [0.29, 0.717) is 11.3 Å². The molecule has 3 aromatic rings. The zero-order valence-electron chi connectivity index (χ0n) is 20.2. The number of nitrogens with one attached hydrogen (secondary N) is 2. The fraction of sp³-hybridized carbons (Fsp3) is 0.333. The first-order valence-corrected chi connectivity index (χ1v) is 13.5. The largest absolute Gasteiger partial charge is 0.451 e. The number of aldehydes is 1. The van der Waals surface area contributed by atoms with E-state index in [1.54, 1.807) is 0 Å². The van der Waals surface area contributed by atoms with Crippen molar-refractivity contribution in [2.24, 2.45) is 0 Å². The number of fused-ring (bicyclic) bond motifs is 2. The van der Waals surface area contributed by atoms with E-state index in [2.05, 4.69) is 5.32 Å². The lowest BCUT2D eigenvalue weighted by atomic mass is 9.87. The third-order valence-corrected chi connectivity index (χ3v) is 8.19. The van der Waals surface area contributed by atoms with Crippen LogP contribution in [-0.2, 0) is 41.3 Å². The van der Waals surface area contributed by atoms with Gasteiger partial charge in [0.15, 0.2) is 0 Å². The summed E-state index contributed by atoms with van der Waals surface area (Å²) >= 11 is 0. The summed E-state index contributed by atoms with van der Waals surface area (Å²) in [6.07, 6.45) is 7.19. The average Bonchev–Trinajstić information content (AvgIpc) is 3.59. The highest BCUT2D eigenvalue weighted by molar-refractivity contribution is 7.89. The van der Waals surface area contributed by atoms with Crippen LogP contribution in [0, 0.1) is 0 Å². The number of furan rings is 1. The van der Waals surface area contributed by atoms with Gasteiger partial charge in [0.05, 0.1) is 11.9 Å². The lowest BCUT2D eigenvalue weighted by Gasteiger charge is -2.21. The molecule has 2 aliphatic carbocycles. The number of sulfonamides is 1. The number of anilines is 1. The molecule has 2 aliphatic rings. The van der Waals surface area contributed by atoms with Gasteiger partial charge in [-0.3, -0.25) is 4.79 Å². The molecule has 0 saturated carbocycles. The third kappa shape index (κ3) is 4.33. The smallest absolute Gasteiger partial charge is 0.333 e. The molecule has 0 fully saturated rings. The number of amides is 2. The van der Waals surface area contributed by atoms with Crippen molar-refractivity contribution in [3.05, 3.63) is 70.0 Å². The Morgan fingerprint density at radius 1 is 1.00 bits per heavy atom. The fourth-order valence-corrected chi connectivity index (χ4v) is 6.13. The van der Waals surface area contributed by atoms with Gasteiger partial charge in [-0.1, -0.05) is 24.3 Å². The Morgan fingerprint density at radius 3 is 2.11 bits per heavy atom. The molecular weight excluding hydrogens is 480 g/mol. The Bertz CT molecular complexity index is 1430. The first-order chi connectivity index (χ1) is 17.1. The normalized spacial score (nSPS) is 14.9. The number of hydrogen-bond donors (Lipinski definition) is 3.